The minimum Gasteiger partial charge on any atom is -0.436 e. The van der Waals surface area contributed by atoms with Gasteiger partial charge in [0.1, 0.15) is 12.1 Å². The lowest BCUT2D eigenvalue weighted by atomic mass is 10.1. The number of carbonyl (C=O) groups is 4. The van der Waals surface area contributed by atoms with Crippen LogP contribution in [0.4, 0.5) is 11.4 Å². The highest BCUT2D eigenvalue weighted by Crippen LogP contribution is 2.28. The predicted molar refractivity (Wildman–Crippen MR) is 220 cm³/mol. The molecule has 1 aromatic heterocycles. The summed E-state index contributed by atoms with van der Waals surface area (Å²) in [5.74, 6) is -0.505. The third kappa shape index (κ3) is 13.9. The first-order chi connectivity index (χ1) is 27.1. The van der Waals surface area contributed by atoms with Crippen molar-refractivity contribution in [1.82, 2.24) is 15.6 Å². The van der Waals surface area contributed by atoms with E-state index in [4.69, 9.17) is 13.9 Å². The first-order valence-corrected chi connectivity index (χ1v) is 18.8. The molecular weight excluding hydrogens is 723 g/mol. The molecular formula is C45H51N5O7. The Morgan fingerprint density at radius 3 is 1.39 bits per heavy atom. The minimum atomic E-state index is -0.913. The normalized spacial score (nSPS) is 12.6. The number of hydrogen-bond donors (Lipinski definition) is 4. The van der Waals surface area contributed by atoms with Gasteiger partial charge in [-0.05, 0) is 101 Å². The van der Waals surface area contributed by atoms with Gasteiger partial charge in [-0.15, -0.1) is 0 Å². The van der Waals surface area contributed by atoms with Crippen molar-refractivity contribution in [3.8, 4) is 22.8 Å². The molecule has 12 nitrogen and oxygen atoms in total. The number of amides is 4. The molecule has 1 heterocycles. The molecule has 5 rings (SSSR count). The van der Waals surface area contributed by atoms with E-state index in [2.05, 4.69) is 26.3 Å². The Bertz CT molecular complexity index is 1940. The van der Waals surface area contributed by atoms with E-state index in [-0.39, 0.29) is 37.9 Å². The molecule has 5 aromatic rings. The zero-order valence-electron chi connectivity index (χ0n) is 33.3. The lowest BCUT2D eigenvalue weighted by Gasteiger charge is -2.25. The van der Waals surface area contributed by atoms with Crippen LogP contribution in [0.1, 0.15) is 52.7 Å². The molecule has 0 saturated carbocycles. The van der Waals surface area contributed by atoms with Crippen molar-refractivity contribution in [2.24, 2.45) is 0 Å². The number of benzene rings is 4. The van der Waals surface area contributed by atoms with Gasteiger partial charge in [-0.25, -0.2) is 4.98 Å². The number of rotatable bonds is 16. The Balaban J connectivity index is 1.18. The van der Waals surface area contributed by atoms with E-state index in [0.29, 0.717) is 28.6 Å². The van der Waals surface area contributed by atoms with Crippen molar-refractivity contribution >= 4 is 35.0 Å². The molecule has 0 radical (unpaired) electrons. The summed E-state index contributed by atoms with van der Waals surface area (Å²) in [6, 6.07) is 30.9. The SMILES string of the molecule is CC(C)(C)OC[C@H](NC(=O)Cc1ccccc1)C(=O)Nc1ccc(-c2cnc(-c3ccc(NC(=O)[C@H](COC(C)(C)C)NC(=O)Cc4ccccc4)cc3)o2)cc1. The van der Waals surface area contributed by atoms with Crippen molar-refractivity contribution in [3.63, 3.8) is 0 Å². The molecule has 298 valence electrons. The van der Waals surface area contributed by atoms with E-state index >= 15 is 0 Å². The monoisotopic (exact) mass is 773 g/mol. The van der Waals surface area contributed by atoms with Crippen LogP contribution in [0, 0.1) is 0 Å². The molecule has 4 aromatic carbocycles. The van der Waals surface area contributed by atoms with Crippen LogP contribution in [0.2, 0.25) is 0 Å². The van der Waals surface area contributed by atoms with Crippen LogP contribution in [0.5, 0.6) is 0 Å². The third-order valence-corrected chi connectivity index (χ3v) is 8.43. The van der Waals surface area contributed by atoms with Crippen molar-refractivity contribution < 1.29 is 33.1 Å². The Hall–Kier alpha value is -6.11. The Labute approximate surface area is 333 Å². The van der Waals surface area contributed by atoms with E-state index in [1.165, 1.54) is 0 Å². The van der Waals surface area contributed by atoms with Crippen LogP contribution >= 0.6 is 0 Å². The maximum absolute atomic E-state index is 13.3. The van der Waals surface area contributed by atoms with Gasteiger partial charge in [-0.2, -0.15) is 0 Å². The smallest absolute Gasteiger partial charge is 0.249 e. The summed E-state index contributed by atoms with van der Waals surface area (Å²) in [5, 5.41) is 11.4. The zero-order valence-corrected chi connectivity index (χ0v) is 33.3. The van der Waals surface area contributed by atoms with Crippen LogP contribution in [-0.4, -0.2) is 65.1 Å². The molecule has 0 bridgehead atoms. The van der Waals surface area contributed by atoms with E-state index < -0.39 is 35.1 Å². The number of anilines is 2. The lowest BCUT2D eigenvalue weighted by Crippen LogP contribution is -2.48. The maximum atomic E-state index is 13.3. The topological polar surface area (TPSA) is 161 Å². The molecule has 0 fully saturated rings. The van der Waals surface area contributed by atoms with Crippen molar-refractivity contribution in [1.29, 1.82) is 0 Å². The zero-order chi connectivity index (χ0) is 41.0. The van der Waals surface area contributed by atoms with E-state index in [1.54, 1.807) is 54.7 Å². The third-order valence-electron chi connectivity index (χ3n) is 8.43. The number of aromatic nitrogens is 1. The fraction of sp³-hybridized carbons (Fsp3) is 0.311. The quantitative estimate of drug-likeness (QED) is 0.0837. The Morgan fingerprint density at radius 1 is 0.579 bits per heavy atom. The fourth-order valence-electron chi connectivity index (χ4n) is 5.50. The first kappa shape index (κ1) is 42.0. The number of carbonyl (C=O) groups excluding carboxylic acids is 4. The highest BCUT2D eigenvalue weighted by atomic mass is 16.5. The number of nitrogens with one attached hydrogen (secondary N) is 4. The molecule has 0 aliphatic heterocycles. The summed E-state index contributed by atoms with van der Waals surface area (Å²) in [4.78, 5) is 56.8. The Morgan fingerprint density at radius 2 is 0.982 bits per heavy atom. The van der Waals surface area contributed by atoms with Gasteiger partial charge in [0.2, 0.25) is 29.5 Å². The largest absolute Gasteiger partial charge is 0.436 e. The molecule has 0 aliphatic carbocycles. The first-order valence-electron chi connectivity index (χ1n) is 18.8. The van der Waals surface area contributed by atoms with Crippen LogP contribution in [0.15, 0.2) is 120 Å². The minimum absolute atomic E-state index is 0.000716. The summed E-state index contributed by atoms with van der Waals surface area (Å²) in [7, 11) is 0. The van der Waals surface area contributed by atoms with Gasteiger partial charge in [0.15, 0.2) is 5.76 Å². The molecule has 12 heteroatoms. The molecule has 0 unspecified atom stereocenters. The lowest BCUT2D eigenvalue weighted by molar-refractivity contribution is -0.129. The van der Waals surface area contributed by atoms with Crippen LogP contribution < -0.4 is 21.3 Å². The van der Waals surface area contributed by atoms with Crippen molar-refractivity contribution in [3.05, 3.63) is 127 Å². The summed E-state index contributed by atoms with van der Waals surface area (Å²) in [6.07, 6.45) is 1.89. The molecule has 0 spiro atoms. The molecule has 4 N–H and O–H groups in total. The van der Waals surface area contributed by atoms with Gasteiger partial charge in [0, 0.05) is 22.5 Å². The second-order valence-corrected chi connectivity index (χ2v) is 15.6. The van der Waals surface area contributed by atoms with Gasteiger partial charge in [0.25, 0.3) is 0 Å². The standard InChI is InChI=1S/C45H51N5O7/c1-44(2,3)55-28-36(49-39(51)25-30-13-9-7-10-14-30)41(53)47-34-21-17-32(18-22-34)38-27-46-43(57-38)33-19-23-35(24-20-33)48-42(54)37(29-56-45(4,5)6)50-40(52)26-31-15-11-8-12-16-31/h7-24,27,36-37H,25-26,28-29H2,1-6H3,(H,47,53)(H,48,54)(H,49,51)(H,50,52)/t36-,37-/m0/s1. The van der Waals surface area contributed by atoms with E-state index in [0.717, 1.165) is 16.7 Å². The Kier molecular flexibility index (Phi) is 14.1. The summed E-state index contributed by atoms with van der Waals surface area (Å²) in [5.41, 5.74) is 3.13. The molecule has 2 atom stereocenters. The van der Waals surface area contributed by atoms with Gasteiger partial charge in [-0.3, -0.25) is 19.2 Å². The average molecular weight is 774 g/mol. The second kappa shape index (κ2) is 19.2. The van der Waals surface area contributed by atoms with Crippen LogP contribution in [0.3, 0.4) is 0 Å². The number of oxazole rings is 1. The van der Waals surface area contributed by atoms with Crippen LogP contribution in [0.25, 0.3) is 22.8 Å². The summed E-state index contributed by atoms with van der Waals surface area (Å²) >= 11 is 0. The highest BCUT2D eigenvalue weighted by molar-refractivity contribution is 5.98. The molecule has 0 aliphatic rings. The van der Waals surface area contributed by atoms with Crippen molar-refractivity contribution in [2.75, 3.05) is 23.8 Å². The van der Waals surface area contributed by atoms with Crippen LogP contribution in [-0.2, 0) is 41.5 Å². The molecule has 4 amide bonds. The van der Waals surface area contributed by atoms with Gasteiger partial charge >= 0.3 is 0 Å². The number of hydrogen-bond acceptors (Lipinski definition) is 8. The van der Waals surface area contributed by atoms with Crippen molar-refractivity contribution in [2.45, 2.75) is 77.7 Å². The molecule has 57 heavy (non-hydrogen) atoms. The van der Waals surface area contributed by atoms with Gasteiger partial charge in [0.05, 0.1) is 43.5 Å². The fourth-order valence-corrected chi connectivity index (χ4v) is 5.50. The summed E-state index contributed by atoms with van der Waals surface area (Å²) < 4.78 is 17.8. The predicted octanol–water partition coefficient (Wildman–Crippen LogP) is 6.97. The highest BCUT2D eigenvalue weighted by Gasteiger charge is 2.26. The van der Waals surface area contributed by atoms with Gasteiger partial charge in [-0.1, -0.05) is 60.7 Å². The number of nitrogens with zero attached hydrogens (tertiary/aromatic N) is 1. The average Bonchev–Trinajstić information content (AvgIpc) is 3.66. The van der Waals surface area contributed by atoms with Gasteiger partial charge < -0.3 is 35.2 Å². The number of ether oxygens (including phenoxy) is 2. The summed E-state index contributed by atoms with van der Waals surface area (Å²) in [6.45, 7) is 11.3. The second-order valence-electron chi connectivity index (χ2n) is 15.6. The molecule has 0 saturated heterocycles. The van der Waals surface area contributed by atoms with E-state index in [1.807, 2.05) is 102 Å². The van der Waals surface area contributed by atoms with E-state index in [9.17, 15) is 19.2 Å². The maximum Gasteiger partial charge on any atom is 0.249 e.